The van der Waals surface area contributed by atoms with Gasteiger partial charge in [0.05, 0.1) is 0 Å². The minimum atomic E-state index is -2.11. The van der Waals surface area contributed by atoms with Gasteiger partial charge in [0.1, 0.15) is 17.7 Å². The summed E-state index contributed by atoms with van der Waals surface area (Å²) in [7, 11) is -0.646. The van der Waals surface area contributed by atoms with E-state index in [1.807, 2.05) is 0 Å². The number of hydrogen-bond donors (Lipinski definition) is 0. The van der Waals surface area contributed by atoms with E-state index in [1.54, 1.807) is 0 Å². The molecule has 0 radical (unpaired) electrons. The van der Waals surface area contributed by atoms with Gasteiger partial charge >= 0.3 is 5.97 Å². The lowest BCUT2D eigenvalue weighted by atomic mass is 10.2. The summed E-state index contributed by atoms with van der Waals surface area (Å²) in [5.41, 5.74) is 0. The summed E-state index contributed by atoms with van der Waals surface area (Å²) in [4.78, 5) is 11.7. The first-order valence-corrected chi connectivity index (χ1v) is 9.14. The van der Waals surface area contributed by atoms with Crippen LogP contribution in [-0.4, -0.2) is 27.2 Å². The normalized spacial score (nSPS) is 25.7. The quantitative estimate of drug-likeness (QED) is 0.591. The van der Waals surface area contributed by atoms with Crippen LogP contribution in [0.3, 0.4) is 0 Å². The van der Waals surface area contributed by atoms with Crippen LogP contribution in [0, 0.1) is 0 Å². The smallest absolute Gasteiger partial charge is 0.324 e. The van der Waals surface area contributed by atoms with Crippen molar-refractivity contribution >= 4 is 25.7 Å². The molecule has 6 heteroatoms. The summed E-state index contributed by atoms with van der Waals surface area (Å²) < 4.78 is 16.8. The molecule has 1 rings (SSSR count). The van der Waals surface area contributed by atoms with Crippen LogP contribution in [0.15, 0.2) is 11.3 Å². The molecule has 0 saturated heterocycles. The number of ketones is 1. The van der Waals surface area contributed by atoms with Crippen molar-refractivity contribution in [3.05, 3.63) is 11.3 Å². The molecular weight excluding hydrogens is 272 g/mol. The monoisotopic (exact) mass is 292 g/mol. The summed E-state index contributed by atoms with van der Waals surface area (Å²) >= 11 is 5.70. The molecule has 1 aliphatic heterocycles. The third-order valence-corrected chi connectivity index (χ3v) is 8.25. The van der Waals surface area contributed by atoms with E-state index < -0.39 is 14.3 Å². The Morgan fingerprint density at radius 2 is 2.00 bits per heavy atom. The Morgan fingerprint density at radius 1 is 1.44 bits per heavy atom. The van der Waals surface area contributed by atoms with Crippen molar-refractivity contribution in [2.24, 2.45) is 0 Å². The highest BCUT2D eigenvalue weighted by molar-refractivity contribution is 6.74. The van der Waals surface area contributed by atoms with Crippen LogP contribution in [0.4, 0.5) is 0 Å². The summed E-state index contributed by atoms with van der Waals surface area (Å²) in [5.74, 6) is -1.57. The number of carbonyl (C=O) groups excluding carboxylic acids is 1. The Bertz CT molecular complexity index is 373. The number of rotatable bonds is 3. The Kier molecular flexibility index (Phi) is 4.32. The highest BCUT2D eigenvalue weighted by atomic mass is 35.5. The van der Waals surface area contributed by atoms with Crippen LogP contribution in [-0.2, 0) is 18.7 Å². The van der Waals surface area contributed by atoms with E-state index in [1.165, 1.54) is 13.4 Å². The molecule has 0 aromatic heterocycles. The van der Waals surface area contributed by atoms with Crippen molar-refractivity contribution in [3.63, 3.8) is 0 Å². The number of methoxy groups -OCH3 is 1. The van der Waals surface area contributed by atoms with Crippen LogP contribution in [0.1, 0.15) is 27.2 Å². The molecule has 0 saturated carbocycles. The molecule has 0 fully saturated rings. The molecule has 0 aromatic rings. The van der Waals surface area contributed by atoms with Gasteiger partial charge in [0.15, 0.2) is 5.78 Å². The predicted octanol–water partition coefficient (Wildman–Crippen LogP) is 3.38. The SMILES string of the molecule is COC1(O[Si](C)(C)C(C)(C)C)CC(=O)C(Cl)=CO1. The number of Topliss-reactive ketones (excluding diaryl/α,β-unsaturated/α-hetero) is 1. The van der Waals surface area contributed by atoms with Gasteiger partial charge in [-0.05, 0) is 18.1 Å². The van der Waals surface area contributed by atoms with Crippen molar-refractivity contribution in [3.8, 4) is 0 Å². The molecular formula is C12H21ClO4Si. The first kappa shape index (κ1) is 15.7. The van der Waals surface area contributed by atoms with Gasteiger partial charge in [0.2, 0.25) is 8.32 Å². The average Bonchev–Trinajstić information content (AvgIpc) is 2.22. The zero-order valence-electron chi connectivity index (χ0n) is 11.8. The largest absolute Gasteiger partial charge is 0.446 e. The Balaban J connectivity index is 2.96. The van der Waals surface area contributed by atoms with E-state index >= 15 is 0 Å². The third-order valence-electron chi connectivity index (χ3n) is 3.51. The minimum Gasteiger partial charge on any atom is -0.446 e. The van der Waals surface area contributed by atoms with Crippen LogP contribution in [0.5, 0.6) is 0 Å². The van der Waals surface area contributed by atoms with Crippen molar-refractivity contribution in [2.45, 2.75) is 51.3 Å². The molecule has 1 heterocycles. The van der Waals surface area contributed by atoms with E-state index in [-0.39, 0.29) is 22.3 Å². The van der Waals surface area contributed by atoms with Crippen LogP contribution in [0.2, 0.25) is 18.1 Å². The maximum atomic E-state index is 11.7. The molecule has 104 valence electrons. The number of halogens is 1. The Labute approximate surface area is 114 Å². The lowest BCUT2D eigenvalue weighted by Crippen LogP contribution is -2.53. The maximum absolute atomic E-state index is 11.7. The molecule has 0 N–H and O–H groups in total. The Hall–Kier alpha value is -0.363. The number of ether oxygens (including phenoxy) is 2. The van der Waals surface area contributed by atoms with Crippen molar-refractivity contribution in [1.82, 2.24) is 0 Å². The van der Waals surface area contributed by atoms with Gasteiger partial charge < -0.3 is 13.9 Å². The maximum Gasteiger partial charge on any atom is 0.324 e. The summed E-state index contributed by atoms with van der Waals surface area (Å²) in [6.45, 7) is 10.5. The first-order chi connectivity index (χ1) is 8.03. The predicted molar refractivity (Wildman–Crippen MR) is 72.7 cm³/mol. The van der Waals surface area contributed by atoms with Gasteiger partial charge in [-0.2, -0.15) is 0 Å². The first-order valence-electron chi connectivity index (χ1n) is 5.85. The highest BCUT2D eigenvalue weighted by Crippen LogP contribution is 2.41. The fourth-order valence-electron chi connectivity index (χ4n) is 1.29. The lowest BCUT2D eigenvalue weighted by molar-refractivity contribution is -0.317. The van der Waals surface area contributed by atoms with Crippen molar-refractivity contribution in [1.29, 1.82) is 0 Å². The van der Waals surface area contributed by atoms with E-state index in [2.05, 4.69) is 33.9 Å². The topological polar surface area (TPSA) is 44.8 Å². The zero-order valence-corrected chi connectivity index (χ0v) is 13.6. The molecule has 0 aliphatic carbocycles. The van der Waals surface area contributed by atoms with Crippen LogP contribution < -0.4 is 0 Å². The van der Waals surface area contributed by atoms with Gasteiger partial charge in [0, 0.05) is 7.11 Å². The second kappa shape index (κ2) is 4.96. The number of hydrogen-bond acceptors (Lipinski definition) is 4. The summed E-state index contributed by atoms with van der Waals surface area (Å²) in [6.07, 6.45) is 1.18. The molecule has 4 nitrogen and oxygen atoms in total. The van der Waals surface area contributed by atoms with E-state index in [0.29, 0.717) is 0 Å². The summed E-state index contributed by atoms with van der Waals surface area (Å²) in [6, 6.07) is 0. The fraction of sp³-hybridized carbons (Fsp3) is 0.750. The van der Waals surface area contributed by atoms with Gasteiger partial charge in [0.25, 0.3) is 0 Å². The Morgan fingerprint density at radius 3 is 2.39 bits per heavy atom. The van der Waals surface area contributed by atoms with Crippen LogP contribution in [0.25, 0.3) is 0 Å². The van der Waals surface area contributed by atoms with Gasteiger partial charge in [-0.15, -0.1) is 0 Å². The number of allylic oxidation sites excluding steroid dienone is 1. The molecule has 0 bridgehead atoms. The van der Waals surface area contributed by atoms with Crippen LogP contribution >= 0.6 is 11.6 Å². The second-order valence-electron chi connectivity index (χ2n) is 5.93. The number of carbonyl (C=O) groups is 1. The molecule has 0 spiro atoms. The van der Waals surface area contributed by atoms with Crippen molar-refractivity contribution < 1.29 is 18.7 Å². The lowest BCUT2D eigenvalue weighted by Gasteiger charge is -2.44. The third kappa shape index (κ3) is 3.15. The van der Waals surface area contributed by atoms with E-state index in [4.69, 9.17) is 25.5 Å². The summed E-state index contributed by atoms with van der Waals surface area (Å²) in [5, 5.41) is 0.0668. The van der Waals surface area contributed by atoms with Gasteiger partial charge in [-0.3, -0.25) is 4.79 Å². The zero-order chi connectivity index (χ0) is 14.2. The molecule has 1 aliphatic rings. The standard InChI is InChI=1S/C12H21ClO4Si/c1-11(2,3)18(5,6)17-12(15-4)7-10(14)9(13)8-16-12/h8H,7H2,1-6H3. The van der Waals surface area contributed by atoms with E-state index in [0.717, 1.165) is 0 Å². The molecule has 0 aromatic carbocycles. The molecule has 1 atom stereocenters. The molecule has 18 heavy (non-hydrogen) atoms. The average molecular weight is 293 g/mol. The second-order valence-corrected chi connectivity index (χ2v) is 11.1. The minimum absolute atomic E-state index is 0.00407. The molecule has 0 amide bonds. The van der Waals surface area contributed by atoms with Crippen molar-refractivity contribution in [2.75, 3.05) is 7.11 Å². The fourth-order valence-corrected chi connectivity index (χ4v) is 2.69. The van der Waals surface area contributed by atoms with Gasteiger partial charge in [-0.25, -0.2) is 0 Å². The highest BCUT2D eigenvalue weighted by Gasteiger charge is 2.49. The van der Waals surface area contributed by atoms with Gasteiger partial charge in [-0.1, -0.05) is 32.4 Å². The molecule has 1 unspecified atom stereocenters. The van der Waals surface area contributed by atoms with E-state index in [9.17, 15) is 4.79 Å².